The van der Waals surface area contributed by atoms with E-state index in [1.54, 1.807) is 0 Å². The zero-order valence-electron chi connectivity index (χ0n) is 11.9. The molecule has 2 unspecified atom stereocenters. The van der Waals surface area contributed by atoms with Crippen LogP contribution in [0, 0.1) is 0 Å². The Morgan fingerprint density at radius 2 is 1.72 bits per heavy atom. The lowest BCUT2D eigenvalue weighted by Gasteiger charge is -2.41. The van der Waals surface area contributed by atoms with E-state index in [1.165, 1.54) is 64.5 Å². The zero-order chi connectivity index (χ0) is 12.5. The van der Waals surface area contributed by atoms with Crippen LogP contribution in [-0.2, 0) is 0 Å². The maximum Gasteiger partial charge on any atom is 0.0263 e. The zero-order valence-corrected chi connectivity index (χ0v) is 11.9. The van der Waals surface area contributed by atoms with Crippen LogP contribution in [0.2, 0.25) is 0 Å². The summed E-state index contributed by atoms with van der Waals surface area (Å²) in [6, 6.07) is 2.96. The summed E-state index contributed by atoms with van der Waals surface area (Å²) < 4.78 is 0. The van der Waals surface area contributed by atoms with Gasteiger partial charge in [0, 0.05) is 30.7 Å². The Bertz CT molecular complexity index is 273. The fourth-order valence-corrected chi connectivity index (χ4v) is 4.48. The largest absolute Gasteiger partial charge is 0.328 e. The highest BCUT2D eigenvalue weighted by atomic mass is 15.3. The molecule has 2 atom stereocenters. The van der Waals surface area contributed by atoms with Gasteiger partial charge in [0.05, 0.1) is 0 Å². The van der Waals surface area contributed by atoms with E-state index >= 15 is 0 Å². The van der Waals surface area contributed by atoms with Crippen molar-refractivity contribution in [3.63, 3.8) is 0 Å². The molecule has 0 radical (unpaired) electrons. The van der Waals surface area contributed by atoms with E-state index in [4.69, 9.17) is 5.73 Å². The van der Waals surface area contributed by atoms with Crippen molar-refractivity contribution in [1.82, 2.24) is 9.80 Å². The Hall–Kier alpha value is -0.120. The van der Waals surface area contributed by atoms with Crippen molar-refractivity contribution in [2.75, 3.05) is 20.1 Å². The third-order valence-corrected chi connectivity index (χ3v) is 5.66. The minimum atomic E-state index is 0.476. The third kappa shape index (κ3) is 2.45. The van der Waals surface area contributed by atoms with Gasteiger partial charge in [-0.25, -0.2) is 0 Å². The molecule has 0 spiro atoms. The van der Waals surface area contributed by atoms with Gasteiger partial charge in [0.25, 0.3) is 0 Å². The van der Waals surface area contributed by atoms with E-state index in [0.29, 0.717) is 6.04 Å². The van der Waals surface area contributed by atoms with Gasteiger partial charge >= 0.3 is 0 Å². The molecule has 0 aromatic heterocycles. The number of nitrogens with zero attached hydrogens (tertiary/aromatic N) is 2. The van der Waals surface area contributed by atoms with Gasteiger partial charge in [-0.3, -0.25) is 9.80 Å². The molecule has 1 saturated carbocycles. The summed E-state index contributed by atoms with van der Waals surface area (Å²) in [4.78, 5) is 5.47. The molecule has 2 N–H and O–H groups in total. The second kappa shape index (κ2) is 5.48. The molecule has 104 valence electrons. The average molecular weight is 251 g/mol. The van der Waals surface area contributed by atoms with Crippen LogP contribution in [0.4, 0.5) is 0 Å². The van der Waals surface area contributed by atoms with Crippen molar-refractivity contribution in [2.45, 2.75) is 75.5 Å². The summed E-state index contributed by atoms with van der Waals surface area (Å²) in [6.07, 6.45) is 10.8. The smallest absolute Gasteiger partial charge is 0.0263 e. The molecule has 3 rings (SSSR count). The van der Waals surface area contributed by atoms with Gasteiger partial charge in [-0.05, 0) is 58.5 Å². The number of hydrogen-bond donors (Lipinski definition) is 1. The SMILES string of the molecule is CN(C1CCC(N)CC1)C1CCN2CCCCC12. The lowest BCUT2D eigenvalue weighted by molar-refractivity contribution is 0.0844. The Morgan fingerprint density at radius 3 is 2.50 bits per heavy atom. The maximum absolute atomic E-state index is 6.03. The highest BCUT2D eigenvalue weighted by molar-refractivity contribution is 4.96. The predicted octanol–water partition coefficient (Wildman–Crippen LogP) is 1.81. The summed E-state index contributed by atoms with van der Waals surface area (Å²) in [5.74, 6) is 0. The van der Waals surface area contributed by atoms with Crippen LogP contribution in [-0.4, -0.2) is 54.1 Å². The summed E-state index contributed by atoms with van der Waals surface area (Å²) in [5, 5.41) is 0. The number of fused-ring (bicyclic) bond motifs is 1. The first kappa shape index (κ1) is 12.9. The molecule has 3 fully saturated rings. The summed E-state index contributed by atoms with van der Waals surface area (Å²) in [7, 11) is 2.38. The first-order valence-electron chi connectivity index (χ1n) is 7.97. The first-order valence-corrected chi connectivity index (χ1v) is 7.97. The Morgan fingerprint density at radius 1 is 0.944 bits per heavy atom. The third-order valence-electron chi connectivity index (χ3n) is 5.66. The molecule has 1 aliphatic carbocycles. The van der Waals surface area contributed by atoms with Crippen molar-refractivity contribution in [1.29, 1.82) is 0 Å². The summed E-state index contributed by atoms with van der Waals surface area (Å²) in [5.41, 5.74) is 6.03. The quantitative estimate of drug-likeness (QED) is 0.812. The van der Waals surface area contributed by atoms with Gasteiger partial charge in [0.1, 0.15) is 0 Å². The fraction of sp³-hybridized carbons (Fsp3) is 1.00. The van der Waals surface area contributed by atoms with Crippen molar-refractivity contribution in [3.05, 3.63) is 0 Å². The molecule has 0 aromatic rings. The molecule has 3 heteroatoms. The molecule has 3 nitrogen and oxygen atoms in total. The lowest BCUT2D eigenvalue weighted by atomic mass is 9.88. The molecular formula is C15H29N3. The van der Waals surface area contributed by atoms with Crippen LogP contribution in [0.3, 0.4) is 0 Å². The summed E-state index contributed by atoms with van der Waals surface area (Å²) in [6.45, 7) is 2.69. The summed E-state index contributed by atoms with van der Waals surface area (Å²) >= 11 is 0. The van der Waals surface area contributed by atoms with E-state index in [0.717, 1.165) is 18.1 Å². The lowest BCUT2D eigenvalue weighted by Crippen LogP contribution is -2.50. The number of piperidine rings is 1. The molecule has 2 saturated heterocycles. The van der Waals surface area contributed by atoms with Gasteiger partial charge in [0.15, 0.2) is 0 Å². The topological polar surface area (TPSA) is 32.5 Å². The molecular weight excluding hydrogens is 222 g/mol. The van der Waals surface area contributed by atoms with Crippen molar-refractivity contribution in [2.24, 2.45) is 5.73 Å². The monoisotopic (exact) mass is 251 g/mol. The standard InChI is InChI=1S/C15H29N3/c1-17(13-7-5-12(16)6-8-13)14-9-11-18-10-3-2-4-15(14)18/h12-15H,2-11,16H2,1H3. The molecule has 3 aliphatic rings. The second-order valence-electron chi connectivity index (χ2n) is 6.69. The van der Waals surface area contributed by atoms with Gasteiger partial charge in [-0.15, -0.1) is 0 Å². The minimum Gasteiger partial charge on any atom is -0.328 e. The van der Waals surface area contributed by atoms with E-state index in [-0.39, 0.29) is 0 Å². The van der Waals surface area contributed by atoms with Crippen LogP contribution in [0.1, 0.15) is 51.4 Å². The molecule has 0 amide bonds. The normalized spacial score (nSPS) is 42.2. The number of nitrogens with two attached hydrogens (primary N) is 1. The fourth-order valence-electron chi connectivity index (χ4n) is 4.48. The average Bonchev–Trinajstić information content (AvgIpc) is 2.82. The van der Waals surface area contributed by atoms with Crippen LogP contribution in [0.25, 0.3) is 0 Å². The highest BCUT2D eigenvalue weighted by Crippen LogP contribution is 2.33. The molecule has 18 heavy (non-hydrogen) atoms. The van der Waals surface area contributed by atoms with Crippen LogP contribution < -0.4 is 5.73 Å². The highest BCUT2D eigenvalue weighted by Gasteiger charge is 2.39. The van der Waals surface area contributed by atoms with Gasteiger partial charge in [-0.2, -0.15) is 0 Å². The predicted molar refractivity (Wildman–Crippen MR) is 75.6 cm³/mol. The maximum atomic E-state index is 6.03. The van der Waals surface area contributed by atoms with Gasteiger partial charge in [0.2, 0.25) is 0 Å². The Kier molecular flexibility index (Phi) is 3.92. The molecule has 0 aromatic carbocycles. The number of rotatable bonds is 2. The van der Waals surface area contributed by atoms with Crippen LogP contribution in [0.5, 0.6) is 0 Å². The van der Waals surface area contributed by atoms with E-state index < -0.39 is 0 Å². The molecule has 2 heterocycles. The van der Waals surface area contributed by atoms with Gasteiger partial charge < -0.3 is 5.73 Å². The van der Waals surface area contributed by atoms with Crippen molar-refractivity contribution < 1.29 is 0 Å². The van der Waals surface area contributed by atoms with E-state index in [2.05, 4.69) is 16.8 Å². The minimum absolute atomic E-state index is 0.476. The molecule has 2 aliphatic heterocycles. The van der Waals surface area contributed by atoms with E-state index in [9.17, 15) is 0 Å². The van der Waals surface area contributed by atoms with E-state index in [1.807, 2.05) is 0 Å². The molecule has 0 bridgehead atoms. The number of likely N-dealkylation sites (N-methyl/N-ethyl adjacent to an activating group) is 1. The van der Waals surface area contributed by atoms with Crippen LogP contribution in [0.15, 0.2) is 0 Å². The first-order chi connectivity index (χ1) is 8.75. The Balaban J connectivity index is 1.60. The van der Waals surface area contributed by atoms with Crippen molar-refractivity contribution in [3.8, 4) is 0 Å². The van der Waals surface area contributed by atoms with Gasteiger partial charge in [-0.1, -0.05) is 6.42 Å². The Labute approximate surface area is 112 Å². The second-order valence-corrected chi connectivity index (χ2v) is 6.69. The number of hydrogen-bond acceptors (Lipinski definition) is 3. The van der Waals surface area contributed by atoms with Crippen molar-refractivity contribution >= 4 is 0 Å². The van der Waals surface area contributed by atoms with Crippen LogP contribution >= 0.6 is 0 Å².